The second-order valence-electron chi connectivity index (χ2n) is 5.96. The molecule has 0 unspecified atom stereocenters. The first-order valence-corrected chi connectivity index (χ1v) is 8.07. The van der Waals surface area contributed by atoms with Gasteiger partial charge in [-0.2, -0.15) is 0 Å². The Morgan fingerprint density at radius 3 is 2.08 bits per heavy atom. The van der Waals surface area contributed by atoms with Gasteiger partial charge in [-0.25, -0.2) is 4.98 Å². The zero-order chi connectivity index (χ0) is 17.2. The Bertz CT molecular complexity index is 988. The number of imidazole rings is 1. The monoisotopic (exact) mass is 327 g/mol. The predicted molar refractivity (Wildman–Crippen MR) is 99.1 cm³/mol. The first kappa shape index (κ1) is 15.1. The summed E-state index contributed by atoms with van der Waals surface area (Å²) < 4.78 is 0. The van der Waals surface area contributed by atoms with E-state index in [1.165, 1.54) is 5.56 Å². The molecule has 25 heavy (non-hydrogen) atoms. The van der Waals surface area contributed by atoms with Gasteiger partial charge in [-0.15, -0.1) is 0 Å². The van der Waals surface area contributed by atoms with Crippen LogP contribution >= 0.6 is 0 Å². The number of aromatic hydroxyl groups is 1. The van der Waals surface area contributed by atoms with Gasteiger partial charge in [0.15, 0.2) is 0 Å². The largest absolute Gasteiger partial charge is 0.508 e. The fourth-order valence-corrected chi connectivity index (χ4v) is 2.78. The first-order valence-electron chi connectivity index (χ1n) is 8.07. The van der Waals surface area contributed by atoms with Gasteiger partial charge in [-0.3, -0.25) is 4.98 Å². The summed E-state index contributed by atoms with van der Waals surface area (Å²) in [5, 5.41) is 9.51. The summed E-state index contributed by atoms with van der Waals surface area (Å²) in [5.41, 5.74) is 6.07. The maximum Gasteiger partial charge on any atom is 0.138 e. The number of phenolic OH excluding ortho intramolecular Hbond substituents is 1. The van der Waals surface area contributed by atoms with Gasteiger partial charge in [0.1, 0.15) is 11.6 Å². The maximum absolute atomic E-state index is 9.51. The molecule has 2 N–H and O–H groups in total. The molecule has 0 spiro atoms. The molecule has 0 atom stereocenters. The number of benzene rings is 2. The molecule has 0 bridgehead atoms. The van der Waals surface area contributed by atoms with Crippen molar-refractivity contribution < 1.29 is 5.11 Å². The molecule has 122 valence electrons. The summed E-state index contributed by atoms with van der Waals surface area (Å²) in [5.74, 6) is 1.01. The van der Waals surface area contributed by atoms with E-state index in [0.717, 1.165) is 33.9 Å². The van der Waals surface area contributed by atoms with Gasteiger partial charge in [0.25, 0.3) is 0 Å². The number of rotatable bonds is 3. The Balaban J connectivity index is 1.89. The lowest BCUT2D eigenvalue weighted by Crippen LogP contribution is -1.84. The van der Waals surface area contributed by atoms with E-state index in [0.29, 0.717) is 0 Å². The van der Waals surface area contributed by atoms with Crippen molar-refractivity contribution in [3.8, 4) is 39.7 Å². The third-order valence-corrected chi connectivity index (χ3v) is 4.14. The molecule has 2 aromatic heterocycles. The van der Waals surface area contributed by atoms with E-state index in [4.69, 9.17) is 4.98 Å². The van der Waals surface area contributed by atoms with E-state index >= 15 is 0 Å². The Labute approximate surface area is 145 Å². The summed E-state index contributed by atoms with van der Waals surface area (Å²) in [7, 11) is 0. The number of H-pyrrole nitrogens is 1. The van der Waals surface area contributed by atoms with Crippen LogP contribution in [0.15, 0.2) is 73.1 Å². The fraction of sp³-hybridized carbons (Fsp3) is 0.0476. The highest BCUT2D eigenvalue weighted by Crippen LogP contribution is 2.33. The molecule has 0 aliphatic rings. The minimum Gasteiger partial charge on any atom is -0.508 e. The smallest absolute Gasteiger partial charge is 0.138 e. The molecule has 0 amide bonds. The average Bonchev–Trinajstić information content (AvgIpc) is 3.09. The highest BCUT2D eigenvalue weighted by atomic mass is 16.3. The molecule has 0 saturated carbocycles. The molecule has 4 rings (SSSR count). The van der Waals surface area contributed by atoms with Crippen molar-refractivity contribution in [1.29, 1.82) is 0 Å². The minimum absolute atomic E-state index is 0.239. The van der Waals surface area contributed by atoms with Crippen LogP contribution in [-0.2, 0) is 0 Å². The molecular weight excluding hydrogens is 310 g/mol. The molecule has 0 aliphatic heterocycles. The van der Waals surface area contributed by atoms with Gasteiger partial charge in [-0.05, 0) is 43.3 Å². The van der Waals surface area contributed by atoms with Crippen LogP contribution in [0.3, 0.4) is 0 Å². The number of aromatic amines is 1. The molecule has 2 aromatic carbocycles. The maximum atomic E-state index is 9.51. The van der Waals surface area contributed by atoms with E-state index < -0.39 is 0 Å². The van der Waals surface area contributed by atoms with E-state index in [-0.39, 0.29) is 5.75 Å². The summed E-state index contributed by atoms with van der Waals surface area (Å²) in [6.07, 6.45) is 3.53. The van der Waals surface area contributed by atoms with E-state index in [1.54, 1.807) is 24.5 Å². The molecule has 0 saturated heterocycles. The quantitative estimate of drug-likeness (QED) is 0.567. The Morgan fingerprint density at radius 1 is 0.760 bits per heavy atom. The van der Waals surface area contributed by atoms with E-state index in [9.17, 15) is 5.11 Å². The van der Waals surface area contributed by atoms with Gasteiger partial charge < -0.3 is 10.1 Å². The van der Waals surface area contributed by atoms with Gasteiger partial charge in [0.2, 0.25) is 0 Å². The van der Waals surface area contributed by atoms with Crippen LogP contribution in [0.2, 0.25) is 0 Å². The number of pyridine rings is 1. The molecule has 0 radical (unpaired) electrons. The topological polar surface area (TPSA) is 61.8 Å². The summed E-state index contributed by atoms with van der Waals surface area (Å²) in [4.78, 5) is 12.3. The second-order valence-corrected chi connectivity index (χ2v) is 5.96. The summed E-state index contributed by atoms with van der Waals surface area (Å²) in [6, 6.07) is 19.3. The number of aromatic nitrogens is 3. The zero-order valence-electron chi connectivity index (χ0n) is 13.8. The Kier molecular flexibility index (Phi) is 3.78. The molecule has 0 aliphatic carbocycles. The van der Waals surface area contributed by atoms with Crippen molar-refractivity contribution >= 4 is 0 Å². The predicted octanol–water partition coefficient (Wildman–Crippen LogP) is 4.82. The van der Waals surface area contributed by atoms with Crippen LogP contribution in [0.4, 0.5) is 0 Å². The lowest BCUT2D eigenvalue weighted by Gasteiger charge is -2.03. The molecule has 4 aromatic rings. The van der Waals surface area contributed by atoms with Crippen LogP contribution in [0.1, 0.15) is 5.56 Å². The first-order chi connectivity index (χ1) is 12.2. The third kappa shape index (κ3) is 3.02. The minimum atomic E-state index is 0.239. The van der Waals surface area contributed by atoms with Crippen molar-refractivity contribution in [2.24, 2.45) is 0 Å². The second kappa shape index (κ2) is 6.24. The summed E-state index contributed by atoms with van der Waals surface area (Å²) >= 11 is 0. The molecule has 4 nitrogen and oxygen atoms in total. The van der Waals surface area contributed by atoms with E-state index in [1.807, 2.05) is 24.3 Å². The van der Waals surface area contributed by atoms with Crippen LogP contribution in [0.5, 0.6) is 5.75 Å². The fourth-order valence-electron chi connectivity index (χ4n) is 2.78. The average molecular weight is 327 g/mol. The van der Waals surface area contributed by atoms with Gasteiger partial charge in [0.05, 0.1) is 11.4 Å². The Morgan fingerprint density at radius 2 is 1.40 bits per heavy atom. The number of phenols is 1. The Hall–Kier alpha value is -3.40. The lowest BCUT2D eigenvalue weighted by atomic mass is 10.0. The van der Waals surface area contributed by atoms with Gasteiger partial charge >= 0.3 is 0 Å². The highest BCUT2D eigenvalue weighted by Gasteiger charge is 2.15. The van der Waals surface area contributed by atoms with Crippen LogP contribution in [-0.4, -0.2) is 20.1 Å². The van der Waals surface area contributed by atoms with Gasteiger partial charge in [0, 0.05) is 29.1 Å². The number of aryl methyl sites for hydroxylation is 1. The number of nitrogens with zero attached hydrogens (tertiary/aromatic N) is 2. The lowest BCUT2D eigenvalue weighted by molar-refractivity contribution is 0.475. The van der Waals surface area contributed by atoms with Crippen molar-refractivity contribution in [3.05, 3.63) is 78.6 Å². The van der Waals surface area contributed by atoms with Crippen molar-refractivity contribution in [2.45, 2.75) is 6.92 Å². The molecule has 0 fully saturated rings. The number of hydrogen-bond acceptors (Lipinski definition) is 3. The van der Waals surface area contributed by atoms with Gasteiger partial charge in [-0.1, -0.05) is 29.8 Å². The molecular formula is C21H17N3O. The van der Waals surface area contributed by atoms with Crippen LogP contribution in [0, 0.1) is 6.92 Å². The zero-order valence-corrected chi connectivity index (χ0v) is 13.8. The number of hydrogen-bond donors (Lipinski definition) is 2. The van der Waals surface area contributed by atoms with Crippen molar-refractivity contribution in [1.82, 2.24) is 15.0 Å². The molecule has 4 heteroatoms. The van der Waals surface area contributed by atoms with Crippen molar-refractivity contribution in [2.75, 3.05) is 0 Å². The standard InChI is InChI=1S/C21H17N3O/c1-14-2-4-15(5-3-14)19-20(16-10-12-22-13-11-16)24-21(23-19)17-6-8-18(25)9-7-17/h2-13,25H,1H3,(H,23,24). The summed E-state index contributed by atoms with van der Waals surface area (Å²) in [6.45, 7) is 2.07. The van der Waals surface area contributed by atoms with Crippen LogP contribution < -0.4 is 0 Å². The van der Waals surface area contributed by atoms with Crippen molar-refractivity contribution in [3.63, 3.8) is 0 Å². The SMILES string of the molecule is Cc1ccc(-c2[nH]c(-c3ccc(O)cc3)nc2-c2ccncc2)cc1. The molecule has 2 heterocycles. The number of nitrogens with one attached hydrogen (secondary N) is 1. The van der Waals surface area contributed by atoms with Crippen LogP contribution in [0.25, 0.3) is 33.9 Å². The highest BCUT2D eigenvalue weighted by molar-refractivity contribution is 5.81. The van der Waals surface area contributed by atoms with E-state index in [2.05, 4.69) is 41.2 Å². The third-order valence-electron chi connectivity index (χ3n) is 4.14. The normalized spacial score (nSPS) is 10.8.